The number of rotatable bonds is 7. The summed E-state index contributed by atoms with van der Waals surface area (Å²) in [6.07, 6.45) is -0.836. The molecule has 2 aromatic rings. The SMILES string of the molecule is O=C(O)C(=O)CC(=O)N(Cc1ccc(Cl)c(Cl)c1)c1ccc(C(=O)O)cc1. The number of ketones is 1. The van der Waals surface area contributed by atoms with Gasteiger partial charge in [-0.05, 0) is 42.0 Å². The molecule has 0 aliphatic rings. The standard InChI is InChI=1S/C18H13Cl2NO6/c19-13-6-1-10(7-14(13)20)9-21(16(23)8-15(22)18(26)27)12-4-2-11(3-5-12)17(24)25/h1-7H,8-9H2,(H,24,25)(H,26,27). The van der Waals surface area contributed by atoms with Gasteiger partial charge in [0.2, 0.25) is 11.7 Å². The van der Waals surface area contributed by atoms with Gasteiger partial charge in [0.05, 0.1) is 28.6 Å². The van der Waals surface area contributed by atoms with Gasteiger partial charge in [0.25, 0.3) is 0 Å². The predicted molar refractivity (Wildman–Crippen MR) is 98.3 cm³/mol. The lowest BCUT2D eigenvalue weighted by Crippen LogP contribution is -2.33. The molecule has 0 spiro atoms. The maximum atomic E-state index is 12.5. The van der Waals surface area contributed by atoms with E-state index in [0.29, 0.717) is 16.3 Å². The summed E-state index contributed by atoms with van der Waals surface area (Å²) in [4.78, 5) is 46.8. The van der Waals surface area contributed by atoms with E-state index >= 15 is 0 Å². The lowest BCUT2D eigenvalue weighted by molar-refractivity contribution is -0.150. The van der Waals surface area contributed by atoms with Gasteiger partial charge in [-0.2, -0.15) is 0 Å². The fraction of sp³-hybridized carbons (Fsp3) is 0.111. The van der Waals surface area contributed by atoms with Gasteiger partial charge in [-0.25, -0.2) is 9.59 Å². The van der Waals surface area contributed by atoms with Gasteiger partial charge in [-0.1, -0.05) is 29.3 Å². The van der Waals surface area contributed by atoms with Crippen molar-refractivity contribution >= 4 is 52.5 Å². The number of aliphatic carboxylic acids is 1. The number of nitrogens with zero attached hydrogens (tertiary/aromatic N) is 1. The Bertz CT molecular complexity index is 911. The van der Waals surface area contributed by atoms with Gasteiger partial charge in [0.1, 0.15) is 0 Å². The monoisotopic (exact) mass is 409 g/mol. The van der Waals surface area contributed by atoms with Crippen LogP contribution in [0, 0.1) is 0 Å². The molecule has 0 bridgehead atoms. The molecular weight excluding hydrogens is 397 g/mol. The number of halogens is 2. The van der Waals surface area contributed by atoms with Gasteiger partial charge in [0, 0.05) is 5.69 Å². The van der Waals surface area contributed by atoms with Crippen molar-refractivity contribution in [3.05, 3.63) is 63.6 Å². The van der Waals surface area contributed by atoms with Gasteiger partial charge in [0.15, 0.2) is 0 Å². The van der Waals surface area contributed by atoms with Crippen molar-refractivity contribution in [3.63, 3.8) is 0 Å². The number of amides is 1. The Morgan fingerprint density at radius 1 is 0.889 bits per heavy atom. The Morgan fingerprint density at radius 3 is 2.04 bits per heavy atom. The van der Waals surface area contributed by atoms with Crippen molar-refractivity contribution in [1.82, 2.24) is 0 Å². The molecule has 0 aliphatic carbocycles. The minimum absolute atomic E-state index is 0.0160. The van der Waals surface area contributed by atoms with Crippen LogP contribution in [0.4, 0.5) is 5.69 Å². The molecule has 140 valence electrons. The number of carbonyl (C=O) groups excluding carboxylic acids is 2. The maximum absolute atomic E-state index is 12.5. The van der Waals surface area contributed by atoms with Crippen LogP contribution in [0.1, 0.15) is 22.3 Å². The van der Waals surface area contributed by atoms with E-state index in [-0.39, 0.29) is 17.1 Å². The third-order valence-electron chi connectivity index (χ3n) is 3.60. The fourth-order valence-corrected chi connectivity index (χ4v) is 2.56. The summed E-state index contributed by atoms with van der Waals surface area (Å²) in [5, 5.41) is 18.3. The number of Topliss-reactive ketones (excluding diaryl/α,β-unsaturated/α-hetero) is 1. The first-order valence-corrected chi connectivity index (χ1v) is 8.28. The van der Waals surface area contributed by atoms with Crippen LogP contribution in [0.15, 0.2) is 42.5 Å². The molecule has 1 amide bonds. The van der Waals surface area contributed by atoms with E-state index in [4.69, 9.17) is 33.4 Å². The fourth-order valence-electron chi connectivity index (χ4n) is 2.24. The largest absolute Gasteiger partial charge is 0.478 e. The van der Waals surface area contributed by atoms with Crippen LogP contribution in [-0.2, 0) is 20.9 Å². The second kappa shape index (κ2) is 8.66. The van der Waals surface area contributed by atoms with E-state index in [1.165, 1.54) is 41.3 Å². The molecule has 0 unspecified atom stereocenters. The van der Waals surface area contributed by atoms with E-state index < -0.39 is 30.0 Å². The molecule has 0 fully saturated rings. The highest BCUT2D eigenvalue weighted by atomic mass is 35.5. The third-order valence-corrected chi connectivity index (χ3v) is 4.34. The molecule has 0 aliphatic heterocycles. The minimum atomic E-state index is -1.71. The normalized spacial score (nSPS) is 10.3. The quantitative estimate of drug-likeness (QED) is 0.535. The number of hydrogen-bond acceptors (Lipinski definition) is 4. The molecule has 0 saturated carbocycles. The van der Waals surface area contributed by atoms with Crippen molar-refractivity contribution in [1.29, 1.82) is 0 Å². The number of anilines is 1. The first-order valence-electron chi connectivity index (χ1n) is 7.53. The van der Waals surface area contributed by atoms with Crippen LogP contribution in [0.2, 0.25) is 10.0 Å². The van der Waals surface area contributed by atoms with Gasteiger partial charge in [-0.15, -0.1) is 0 Å². The average molecular weight is 410 g/mol. The zero-order chi connectivity index (χ0) is 20.1. The highest BCUT2D eigenvalue weighted by Gasteiger charge is 2.23. The highest BCUT2D eigenvalue weighted by Crippen LogP contribution is 2.25. The molecule has 27 heavy (non-hydrogen) atoms. The van der Waals surface area contributed by atoms with E-state index in [1.807, 2.05) is 0 Å². The number of aromatic carboxylic acids is 1. The van der Waals surface area contributed by atoms with Gasteiger partial charge < -0.3 is 15.1 Å². The summed E-state index contributed by atoms with van der Waals surface area (Å²) in [6, 6.07) is 10.1. The zero-order valence-electron chi connectivity index (χ0n) is 13.7. The molecule has 2 aromatic carbocycles. The summed E-state index contributed by atoms with van der Waals surface area (Å²) in [7, 11) is 0. The van der Waals surface area contributed by atoms with Crippen molar-refractivity contribution < 1.29 is 29.4 Å². The average Bonchev–Trinajstić information content (AvgIpc) is 2.62. The number of benzene rings is 2. The lowest BCUT2D eigenvalue weighted by atomic mass is 10.1. The molecule has 2 rings (SSSR count). The molecule has 0 heterocycles. The predicted octanol–water partition coefficient (Wildman–Crippen LogP) is 3.27. The molecule has 7 nitrogen and oxygen atoms in total. The second-order valence-electron chi connectivity index (χ2n) is 5.49. The highest BCUT2D eigenvalue weighted by molar-refractivity contribution is 6.42. The summed E-state index contributed by atoms with van der Waals surface area (Å²) >= 11 is 11.8. The first-order chi connectivity index (χ1) is 12.7. The summed E-state index contributed by atoms with van der Waals surface area (Å²) in [5.41, 5.74) is 0.902. The molecule has 9 heteroatoms. The number of carbonyl (C=O) groups is 4. The molecule has 0 aromatic heterocycles. The number of carboxylic acid groups (broad SMARTS) is 2. The van der Waals surface area contributed by atoms with Crippen LogP contribution >= 0.6 is 23.2 Å². The van der Waals surface area contributed by atoms with E-state index in [2.05, 4.69) is 0 Å². The van der Waals surface area contributed by atoms with E-state index in [9.17, 15) is 19.2 Å². The smallest absolute Gasteiger partial charge is 0.372 e. The topological polar surface area (TPSA) is 112 Å². The second-order valence-corrected chi connectivity index (χ2v) is 6.30. The van der Waals surface area contributed by atoms with E-state index in [0.717, 1.165) is 0 Å². The van der Waals surface area contributed by atoms with Crippen molar-refractivity contribution in [2.75, 3.05) is 4.90 Å². The van der Waals surface area contributed by atoms with Crippen LogP contribution in [0.5, 0.6) is 0 Å². The Morgan fingerprint density at radius 2 is 1.52 bits per heavy atom. The molecule has 0 radical (unpaired) electrons. The third kappa shape index (κ3) is 5.29. The van der Waals surface area contributed by atoms with Crippen LogP contribution < -0.4 is 4.90 Å². The molecular formula is C18H13Cl2NO6. The van der Waals surface area contributed by atoms with Crippen LogP contribution in [-0.4, -0.2) is 33.8 Å². The van der Waals surface area contributed by atoms with Crippen LogP contribution in [0.3, 0.4) is 0 Å². The Kier molecular flexibility index (Phi) is 6.55. The Balaban J connectivity index is 2.36. The van der Waals surface area contributed by atoms with E-state index in [1.54, 1.807) is 6.07 Å². The molecule has 0 saturated heterocycles. The van der Waals surface area contributed by atoms with Crippen molar-refractivity contribution in [2.24, 2.45) is 0 Å². The lowest BCUT2D eigenvalue weighted by Gasteiger charge is -2.23. The summed E-state index contributed by atoms with van der Waals surface area (Å²) in [5.74, 6) is -4.85. The van der Waals surface area contributed by atoms with Gasteiger partial charge >= 0.3 is 11.9 Å². The summed E-state index contributed by atoms with van der Waals surface area (Å²) in [6.45, 7) is -0.0188. The van der Waals surface area contributed by atoms with Crippen molar-refractivity contribution in [2.45, 2.75) is 13.0 Å². The first kappa shape index (κ1) is 20.4. The summed E-state index contributed by atoms with van der Waals surface area (Å²) < 4.78 is 0. The Hall–Kier alpha value is -2.90. The minimum Gasteiger partial charge on any atom is -0.478 e. The molecule has 0 atom stereocenters. The zero-order valence-corrected chi connectivity index (χ0v) is 15.2. The van der Waals surface area contributed by atoms with Crippen molar-refractivity contribution in [3.8, 4) is 0 Å². The molecule has 2 N–H and O–H groups in total. The van der Waals surface area contributed by atoms with Crippen LogP contribution in [0.25, 0.3) is 0 Å². The number of hydrogen-bond donors (Lipinski definition) is 2. The Labute approximate surface area is 163 Å². The van der Waals surface area contributed by atoms with Gasteiger partial charge in [-0.3, -0.25) is 9.59 Å². The number of carboxylic acids is 2. The maximum Gasteiger partial charge on any atom is 0.372 e.